The van der Waals surface area contributed by atoms with E-state index in [1.807, 2.05) is 48.5 Å². The van der Waals surface area contributed by atoms with Crippen molar-refractivity contribution in [2.24, 2.45) is 0 Å². The molecule has 0 spiro atoms. The van der Waals surface area contributed by atoms with Crippen LogP contribution in [0, 0.1) is 0 Å². The summed E-state index contributed by atoms with van der Waals surface area (Å²) in [5.74, 6) is 0.334. The highest BCUT2D eigenvalue weighted by Gasteiger charge is 2.06. The van der Waals surface area contributed by atoms with E-state index >= 15 is 0 Å². The summed E-state index contributed by atoms with van der Waals surface area (Å²) in [6, 6.07) is 20.5. The number of anilines is 3. The number of carbonyl (C=O) groups is 1. The van der Waals surface area contributed by atoms with Crippen molar-refractivity contribution in [2.75, 3.05) is 10.6 Å². The van der Waals surface area contributed by atoms with Crippen LogP contribution in [0.2, 0.25) is 0 Å². The smallest absolute Gasteiger partial charge is 0.256 e. The van der Waals surface area contributed by atoms with Crippen LogP contribution in [0.4, 0.5) is 17.2 Å². The van der Waals surface area contributed by atoms with E-state index in [0.29, 0.717) is 11.4 Å². The van der Waals surface area contributed by atoms with Gasteiger partial charge in [0.25, 0.3) is 5.91 Å². The molecule has 0 aliphatic heterocycles. The molecule has 0 saturated heterocycles. The van der Waals surface area contributed by atoms with Gasteiger partial charge in [0.05, 0.1) is 17.6 Å². The van der Waals surface area contributed by atoms with Crippen molar-refractivity contribution < 1.29 is 4.79 Å². The van der Waals surface area contributed by atoms with Gasteiger partial charge in [0.2, 0.25) is 0 Å². The third-order valence-corrected chi connectivity index (χ3v) is 3.89. The SMILES string of the molecule is O=C(Nc1ccc(Nc2ccccc2Br)cn1)c1ccccc1. The largest absolute Gasteiger partial charge is 0.353 e. The number of amides is 1. The van der Waals surface area contributed by atoms with Crippen LogP contribution >= 0.6 is 15.9 Å². The lowest BCUT2D eigenvalue weighted by Crippen LogP contribution is -2.12. The van der Waals surface area contributed by atoms with Gasteiger partial charge in [0.1, 0.15) is 5.82 Å². The van der Waals surface area contributed by atoms with Crippen molar-refractivity contribution in [1.29, 1.82) is 0 Å². The minimum Gasteiger partial charge on any atom is -0.353 e. The molecule has 0 unspecified atom stereocenters. The quantitative estimate of drug-likeness (QED) is 0.693. The summed E-state index contributed by atoms with van der Waals surface area (Å²) < 4.78 is 0.974. The number of nitrogens with zero attached hydrogens (tertiary/aromatic N) is 1. The van der Waals surface area contributed by atoms with Crippen molar-refractivity contribution in [3.8, 4) is 0 Å². The first-order valence-corrected chi connectivity index (χ1v) is 7.86. The Morgan fingerprint density at radius 2 is 1.65 bits per heavy atom. The second kappa shape index (κ2) is 7.07. The fraction of sp³-hybridized carbons (Fsp3) is 0. The lowest BCUT2D eigenvalue weighted by atomic mass is 10.2. The van der Waals surface area contributed by atoms with Crippen LogP contribution in [-0.2, 0) is 0 Å². The zero-order chi connectivity index (χ0) is 16.1. The van der Waals surface area contributed by atoms with Crippen molar-refractivity contribution in [3.63, 3.8) is 0 Å². The fourth-order valence-electron chi connectivity index (χ4n) is 2.04. The molecule has 3 aromatic rings. The third-order valence-electron chi connectivity index (χ3n) is 3.19. The van der Waals surface area contributed by atoms with E-state index in [4.69, 9.17) is 0 Å². The van der Waals surface area contributed by atoms with Crippen molar-refractivity contribution in [3.05, 3.63) is 83.0 Å². The number of nitrogens with one attached hydrogen (secondary N) is 2. The van der Waals surface area contributed by atoms with Gasteiger partial charge in [-0.05, 0) is 52.3 Å². The lowest BCUT2D eigenvalue weighted by molar-refractivity contribution is 0.102. The van der Waals surface area contributed by atoms with Crippen LogP contribution in [-0.4, -0.2) is 10.9 Å². The molecule has 114 valence electrons. The monoisotopic (exact) mass is 367 g/mol. The highest BCUT2D eigenvalue weighted by Crippen LogP contribution is 2.25. The van der Waals surface area contributed by atoms with E-state index < -0.39 is 0 Å². The number of hydrogen-bond acceptors (Lipinski definition) is 3. The molecule has 0 saturated carbocycles. The summed E-state index contributed by atoms with van der Waals surface area (Å²) in [7, 11) is 0. The highest BCUT2D eigenvalue weighted by molar-refractivity contribution is 9.10. The van der Waals surface area contributed by atoms with E-state index in [2.05, 4.69) is 31.5 Å². The molecule has 2 N–H and O–H groups in total. The van der Waals surface area contributed by atoms with Gasteiger partial charge >= 0.3 is 0 Å². The second-order valence-electron chi connectivity index (χ2n) is 4.86. The molecule has 5 heteroatoms. The Labute approximate surface area is 142 Å². The van der Waals surface area contributed by atoms with Crippen LogP contribution in [0.25, 0.3) is 0 Å². The second-order valence-corrected chi connectivity index (χ2v) is 5.71. The molecule has 0 bridgehead atoms. The molecule has 3 rings (SSSR count). The molecular formula is C18H14BrN3O. The number of halogens is 1. The van der Waals surface area contributed by atoms with E-state index in [0.717, 1.165) is 15.8 Å². The molecule has 0 atom stereocenters. The molecular weight excluding hydrogens is 354 g/mol. The van der Waals surface area contributed by atoms with Gasteiger partial charge in [0.15, 0.2) is 0 Å². The van der Waals surface area contributed by atoms with Gasteiger partial charge in [-0.25, -0.2) is 4.98 Å². The first kappa shape index (κ1) is 15.2. The summed E-state index contributed by atoms with van der Waals surface area (Å²) in [6.07, 6.45) is 1.68. The van der Waals surface area contributed by atoms with E-state index in [1.165, 1.54) is 0 Å². The summed E-state index contributed by atoms with van der Waals surface area (Å²) in [5.41, 5.74) is 2.40. The van der Waals surface area contributed by atoms with Crippen LogP contribution in [0.1, 0.15) is 10.4 Å². The summed E-state index contributed by atoms with van der Waals surface area (Å²) >= 11 is 3.49. The van der Waals surface area contributed by atoms with Crippen molar-refractivity contribution in [1.82, 2.24) is 4.98 Å². The maximum absolute atomic E-state index is 12.1. The zero-order valence-electron chi connectivity index (χ0n) is 12.2. The average Bonchev–Trinajstić information content (AvgIpc) is 2.59. The summed E-state index contributed by atoms with van der Waals surface area (Å²) in [6.45, 7) is 0. The Hall–Kier alpha value is -2.66. The fourth-order valence-corrected chi connectivity index (χ4v) is 2.42. The van der Waals surface area contributed by atoms with Crippen LogP contribution in [0.15, 0.2) is 77.4 Å². The predicted octanol–water partition coefficient (Wildman–Crippen LogP) is 4.84. The first-order chi connectivity index (χ1) is 11.2. The average molecular weight is 368 g/mol. The molecule has 1 amide bonds. The normalized spacial score (nSPS) is 10.1. The number of benzene rings is 2. The van der Waals surface area contributed by atoms with Gasteiger partial charge in [-0.3, -0.25) is 4.79 Å². The number of para-hydroxylation sites is 1. The first-order valence-electron chi connectivity index (χ1n) is 7.06. The Morgan fingerprint density at radius 3 is 2.35 bits per heavy atom. The third kappa shape index (κ3) is 3.96. The molecule has 0 aliphatic carbocycles. The van der Waals surface area contributed by atoms with E-state index in [9.17, 15) is 4.79 Å². The molecule has 2 aromatic carbocycles. The Morgan fingerprint density at radius 1 is 0.913 bits per heavy atom. The Balaban J connectivity index is 1.68. The standard InChI is InChI=1S/C18H14BrN3O/c19-15-8-4-5-9-16(15)21-14-10-11-17(20-12-14)22-18(23)13-6-2-1-3-7-13/h1-12,21H,(H,20,22,23). The van der Waals surface area contributed by atoms with Gasteiger partial charge in [-0.1, -0.05) is 30.3 Å². The number of hydrogen-bond donors (Lipinski definition) is 2. The molecule has 0 aliphatic rings. The van der Waals surface area contributed by atoms with Crippen LogP contribution < -0.4 is 10.6 Å². The number of aromatic nitrogens is 1. The Kier molecular flexibility index (Phi) is 4.68. The minimum absolute atomic E-state index is 0.176. The van der Waals surface area contributed by atoms with Gasteiger partial charge < -0.3 is 10.6 Å². The number of rotatable bonds is 4. The maximum atomic E-state index is 12.1. The van der Waals surface area contributed by atoms with Crippen LogP contribution in [0.5, 0.6) is 0 Å². The van der Waals surface area contributed by atoms with Crippen molar-refractivity contribution >= 4 is 39.0 Å². The molecule has 23 heavy (non-hydrogen) atoms. The Bertz CT molecular complexity index is 804. The van der Waals surface area contributed by atoms with Gasteiger partial charge in [-0.15, -0.1) is 0 Å². The topological polar surface area (TPSA) is 54.0 Å². The lowest BCUT2D eigenvalue weighted by Gasteiger charge is -2.09. The van der Waals surface area contributed by atoms with E-state index in [1.54, 1.807) is 24.4 Å². The highest BCUT2D eigenvalue weighted by atomic mass is 79.9. The van der Waals surface area contributed by atoms with Crippen LogP contribution in [0.3, 0.4) is 0 Å². The molecule has 0 fully saturated rings. The molecule has 4 nitrogen and oxygen atoms in total. The molecule has 1 aromatic heterocycles. The molecule has 0 radical (unpaired) electrons. The predicted molar refractivity (Wildman–Crippen MR) is 96.1 cm³/mol. The molecule has 1 heterocycles. The zero-order valence-corrected chi connectivity index (χ0v) is 13.7. The summed E-state index contributed by atoms with van der Waals surface area (Å²) in [4.78, 5) is 16.3. The van der Waals surface area contributed by atoms with E-state index in [-0.39, 0.29) is 5.91 Å². The minimum atomic E-state index is -0.176. The maximum Gasteiger partial charge on any atom is 0.256 e. The summed E-state index contributed by atoms with van der Waals surface area (Å²) in [5, 5.41) is 6.04. The van der Waals surface area contributed by atoms with Gasteiger partial charge in [0, 0.05) is 10.0 Å². The van der Waals surface area contributed by atoms with Gasteiger partial charge in [-0.2, -0.15) is 0 Å². The van der Waals surface area contributed by atoms with Crippen molar-refractivity contribution in [2.45, 2.75) is 0 Å². The number of pyridine rings is 1. The number of carbonyl (C=O) groups excluding carboxylic acids is 1.